The number of rotatable bonds is 5. The SMILES string of the molecule is CSCCC(=O)Nc1nc(-c2ccc(C)c(C)c2)cs1. The average Bonchev–Trinajstić information content (AvgIpc) is 2.88. The summed E-state index contributed by atoms with van der Waals surface area (Å²) in [5, 5.41) is 5.50. The first-order valence-electron chi connectivity index (χ1n) is 6.42. The minimum atomic E-state index is 0.0281. The third-order valence-electron chi connectivity index (χ3n) is 3.09. The minimum Gasteiger partial charge on any atom is -0.302 e. The number of thiazole rings is 1. The maximum Gasteiger partial charge on any atom is 0.226 e. The van der Waals surface area contributed by atoms with Gasteiger partial charge in [0.15, 0.2) is 5.13 Å². The van der Waals surface area contributed by atoms with E-state index >= 15 is 0 Å². The van der Waals surface area contributed by atoms with Crippen molar-refractivity contribution in [1.29, 1.82) is 0 Å². The Morgan fingerprint density at radius 1 is 1.35 bits per heavy atom. The lowest BCUT2D eigenvalue weighted by Gasteiger charge is -2.02. The zero-order valence-electron chi connectivity index (χ0n) is 11.9. The van der Waals surface area contributed by atoms with Crippen molar-refractivity contribution >= 4 is 34.1 Å². The van der Waals surface area contributed by atoms with Crippen molar-refractivity contribution in [3.8, 4) is 11.3 Å². The monoisotopic (exact) mass is 306 g/mol. The van der Waals surface area contributed by atoms with E-state index < -0.39 is 0 Å². The molecule has 0 unspecified atom stereocenters. The minimum absolute atomic E-state index is 0.0281. The molecule has 0 bridgehead atoms. The molecule has 1 aromatic carbocycles. The molecule has 2 rings (SSSR count). The van der Waals surface area contributed by atoms with E-state index in [1.807, 2.05) is 11.6 Å². The van der Waals surface area contributed by atoms with Crippen LogP contribution >= 0.6 is 23.1 Å². The number of carbonyl (C=O) groups excluding carboxylic acids is 1. The third kappa shape index (κ3) is 3.84. The molecule has 106 valence electrons. The summed E-state index contributed by atoms with van der Waals surface area (Å²) in [6, 6.07) is 6.29. The van der Waals surface area contributed by atoms with E-state index in [1.54, 1.807) is 11.8 Å². The third-order valence-corrected chi connectivity index (χ3v) is 4.46. The van der Waals surface area contributed by atoms with Crippen LogP contribution in [0.15, 0.2) is 23.6 Å². The van der Waals surface area contributed by atoms with Crippen LogP contribution in [-0.4, -0.2) is 22.9 Å². The highest BCUT2D eigenvalue weighted by Crippen LogP contribution is 2.26. The number of amides is 1. The molecule has 1 N–H and O–H groups in total. The fraction of sp³-hybridized carbons (Fsp3) is 0.333. The van der Waals surface area contributed by atoms with Gasteiger partial charge in [-0.2, -0.15) is 11.8 Å². The fourth-order valence-electron chi connectivity index (χ4n) is 1.74. The van der Waals surface area contributed by atoms with Crippen LogP contribution in [0.5, 0.6) is 0 Å². The number of hydrogen-bond donors (Lipinski definition) is 1. The summed E-state index contributed by atoms with van der Waals surface area (Å²) >= 11 is 3.13. The summed E-state index contributed by atoms with van der Waals surface area (Å²) in [7, 11) is 0. The number of nitrogens with one attached hydrogen (secondary N) is 1. The number of aromatic nitrogens is 1. The summed E-state index contributed by atoms with van der Waals surface area (Å²) in [5.41, 5.74) is 4.53. The van der Waals surface area contributed by atoms with Gasteiger partial charge in [0, 0.05) is 23.1 Å². The Kier molecular flexibility index (Phi) is 5.20. The van der Waals surface area contributed by atoms with Crippen LogP contribution in [0.2, 0.25) is 0 Å². The van der Waals surface area contributed by atoms with Gasteiger partial charge >= 0.3 is 0 Å². The molecule has 1 heterocycles. The number of hydrogen-bond acceptors (Lipinski definition) is 4. The van der Waals surface area contributed by atoms with E-state index in [1.165, 1.54) is 22.5 Å². The summed E-state index contributed by atoms with van der Waals surface area (Å²) < 4.78 is 0. The van der Waals surface area contributed by atoms with E-state index in [0.717, 1.165) is 17.0 Å². The molecular weight excluding hydrogens is 288 g/mol. The molecule has 0 saturated heterocycles. The van der Waals surface area contributed by atoms with Crippen molar-refractivity contribution in [2.45, 2.75) is 20.3 Å². The Hall–Kier alpha value is -1.33. The van der Waals surface area contributed by atoms with Gasteiger partial charge in [-0.3, -0.25) is 4.79 Å². The van der Waals surface area contributed by atoms with E-state index in [2.05, 4.69) is 42.3 Å². The molecule has 0 fully saturated rings. The lowest BCUT2D eigenvalue weighted by molar-refractivity contribution is -0.115. The van der Waals surface area contributed by atoms with E-state index in [9.17, 15) is 4.79 Å². The van der Waals surface area contributed by atoms with Crippen molar-refractivity contribution in [3.05, 3.63) is 34.7 Å². The molecule has 0 atom stereocenters. The normalized spacial score (nSPS) is 10.6. The summed E-state index contributed by atoms with van der Waals surface area (Å²) in [5.74, 6) is 0.863. The Balaban J connectivity index is 2.08. The van der Waals surface area contributed by atoms with Crippen LogP contribution in [0.1, 0.15) is 17.5 Å². The number of thioether (sulfide) groups is 1. The molecule has 2 aromatic rings. The predicted molar refractivity (Wildman–Crippen MR) is 88.7 cm³/mol. The number of nitrogens with zero attached hydrogens (tertiary/aromatic N) is 1. The smallest absolute Gasteiger partial charge is 0.226 e. The van der Waals surface area contributed by atoms with Crippen LogP contribution in [-0.2, 0) is 4.79 Å². The second-order valence-corrected chi connectivity index (χ2v) is 6.47. The molecule has 0 saturated carbocycles. The average molecular weight is 306 g/mol. The zero-order chi connectivity index (χ0) is 14.5. The lowest BCUT2D eigenvalue weighted by atomic mass is 10.1. The number of anilines is 1. The van der Waals surface area contributed by atoms with Gasteiger partial charge < -0.3 is 5.32 Å². The van der Waals surface area contributed by atoms with Gasteiger partial charge in [-0.25, -0.2) is 4.98 Å². The topological polar surface area (TPSA) is 42.0 Å². The molecule has 1 aromatic heterocycles. The van der Waals surface area contributed by atoms with Gasteiger partial charge in [0.25, 0.3) is 0 Å². The van der Waals surface area contributed by atoms with E-state index in [4.69, 9.17) is 0 Å². The Labute approximate surface area is 127 Å². The van der Waals surface area contributed by atoms with Crippen molar-refractivity contribution in [3.63, 3.8) is 0 Å². The number of carbonyl (C=O) groups is 1. The molecule has 0 radical (unpaired) electrons. The molecule has 0 aliphatic rings. The van der Waals surface area contributed by atoms with Crippen LogP contribution < -0.4 is 5.32 Å². The van der Waals surface area contributed by atoms with Gasteiger partial charge in [-0.05, 0) is 37.3 Å². The van der Waals surface area contributed by atoms with Crippen molar-refractivity contribution in [1.82, 2.24) is 4.98 Å². The predicted octanol–water partition coefficient (Wildman–Crippen LogP) is 4.12. The highest BCUT2D eigenvalue weighted by molar-refractivity contribution is 7.98. The van der Waals surface area contributed by atoms with Crippen molar-refractivity contribution < 1.29 is 4.79 Å². The summed E-state index contributed by atoms with van der Waals surface area (Å²) in [6.07, 6.45) is 2.52. The Bertz CT molecular complexity index is 608. The van der Waals surface area contributed by atoms with E-state index in [-0.39, 0.29) is 5.91 Å². The molecule has 0 aliphatic carbocycles. The maximum atomic E-state index is 11.7. The van der Waals surface area contributed by atoms with Crippen molar-refractivity contribution in [2.24, 2.45) is 0 Å². The molecule has 20 heavy (non-hydrogen) atoms. The van der Waals surface area contributed by atoms with Gasteiger partial charge in [0.05, 0.1) is 5.69 Å². The molecule has 3 nitrogen and oxygen atoms in total. The first-order valence-corrected chi connectivity index (χ1v) is 8.69. The Morgan fingerprint density at radius 3 is 2.85 bits per heavy atom. The second-order valence-electron chi connectivity index (χ2n) is 4.63. The quantitative estimate of drug-likeness (QED) is 0.903. The summed E-state index contributed by atoms with van der Waals surface area (Å²) in [4.78, 5) is 16.1. The van der Waals surface area contributed by atoms with Crippen molar-refractivity contribution in [2.75, 3.05) is 17.3 Å². The number of aryl methyl sites for hydroxylation is 2. The van der Waals surface area contributed by atoms with Gasteiger partial charge in [-0.15, -0.1) is 11.3 Å². The highest BCUT2D eigenvalue weighted by Gasteiger charge is 2.08. The molecule has 0 spiro atoms. The van der Waals surface area contributed by atoms with Gasteiger partial charge in [0.2, 0.25) is 5.91 Å². The lowest BCUT2D eigenvalue weighted by Crippen LogP contribution is -2.11. The second kappa shape index (κ2) is 6.90. The fourth-order valence-corrected chi connectivity index (χ4v) is 2.87. The molecule has 5 heteroatoms. The zero-order valence-corrected chi connectivity index (χ0v) is 13.5. The van der Waals surface area contributed by atoms with Crippen LogP contribution in [0.4, 0.5) is 5.13 Å². The van der Waals surface area contributed by atoms with E-state index in [0.29, 0.717) is 11.6 Å². The summed E-state index contributed by atoms with van der Waals surface area (Å²) in [6.45, 7) is 4.19. The van der Waals surface area contributed by atoms with Crippen LogP contribution in [0.25, 0.3) is 11.3 Å². The number of benzene rings is 1. The van der Waals surface area contributed by atoms with Crippen LogP contribution in [0, 0.1) is 13.8 Å². The standard InChI is InChI=1S/C15H18N2OS2/c1-10-4-5-12(8-11(10)2)13-9-20-15(16-13)17-14(18)6-7-19-3/h4-5,8-9H,6-7H2,1-3H3,(H,16,17,18). The largest absolute Gasteiger partial charge is 0.302 e. The van der Waals surface area contributed by atoms with Gasteiger partial charge in [-0.1, -0.05) is 12.1 Å². The Morgan fingerprint density at radius 2 is 2.15 bits per heavy atom. The molecule has 1 amide bonds. The first kappa shape index (κ1) is 15.1. The maximum absolute atomic E-state index is 11.7. The van der Waals surface area contributed by atoms with Crippen LogP contribution in [0.3, 0.4) is 0 Å². The molecule has 0 aliphatic heterocycles. The van der Waals surface area contributed by atoms with Gasteiger partial charge in [0.1, 0.15) is 0 Å². The molecular formula is C15H18N2OS2. The highest BCUT2D eigenvalue weighted by atomic mass is 32.2. The first-order chi connectivity index (χ1) is 9.60.